The van der Waals surface area contributed by atoms with Gasteiger partial charge in [-0.15, -0.1) is 0 Å². The van der Waals surface area contributed by atoms with Crippen molar-refractivity contribution in [2.24, 2.45) is 0 Å². The van der Waals surface area contributed by atoms with Crippen LogP contribution in [0, 0.1) is 0 Å². The molecule has 0 aromatic heterocycles. The summed E-state index contributed by atoms with van der Waals surface area (Å²) in [6.07, 6.45) is 4.94. The lowest BCUT2D eigenvalue weighted by atomic mass is 10.0. The minimum Gasteiger partial charge on any atom is -0.352 e. The maximum absolute atomic E-state index is 12.4. The van der Waals surface area contributed by atoms with Gasteiger partial charge in [-0.05, 0) is 60.6 Å². The number of aryl methyl sites for hydroxylation is 2. The smallest absolute Gasteiger partial charge is 0.224 e. The Morgan fingerprint density at radius 1 is 0.897 bits per heavy atom. The molecule has 0 fully saturated rings. The number of Topliss-reactive ketones (excluding diaryl/α,β-unsaturated/α-hetero) is 1. The van der Waals surface area contributed by atoms with Gasteiger partial charge < -0.3 is 10.6 Å². The highest BCUT2D eigenvalue weighted by Gasteiger charge is 2.15. The summed E-state index contributed by atoms with van der Waals surface area (Å²) in [6, 6.07) is 13.3. The lowest BCUT2D eigenvalue weighted by Gasteiger charge is -2.09. The normalized spacial score (nSPS) is 12.3. The van der Waals surface area contributed by atoms with Gasteiger partial charge in [-0.25, -0.2) is 0 Å². The predicted molar refractivity (Wildman–Crippen MR) is 114 cm³/mol. The molecule has 152 valence electrons. The number of benzene rings is 2. The van der Waals surface area contributed by atoms with E-state index >= 15 is 0 Å². The highest BCUT2D eigenvalue weighted by atomic mass is 16.2. The van der Waals surface area contributed by atoms with Crippen molar-refractivity contribution >= 4 is 23.3 Å². The molecule has 0 heterocycles. The van der Waals surface area contributed by atoms with Gasteiger partial charge in [-0.2, -0.15) is 0 Å². The summed E-state index contributed by atoms with van der Waals surface area (Å²) < 4.78 is 0. The molecule has 2 aromatic carbocycles. The molecule has 1 aliphatic carbocycles. The third-order valence-electron chi connectivity index (χ3n) is 5.18. The Morgan fingerprint density at radius 3 is 2.55 bits per heavy atom. The fourth-order valence-electron chi connectivity index (χ4n) is 3.62. The van der Waals surface area contributed by atoms with Gasteiger partial charge in [-0.1, -0.05) is 31.2 Å². The van der Waals surface area contributed by atoms with Crippen molar-refractivity contribution in [1.82, 2.24) is 5.32 Å². The SMILES string of the molecule is CCCC(=O)Nc1cccc(CNC(=O)CCC(=O)c2ccc3c(c2)CCC3)c1. The predicted octanol–water partition coefficient (Wildman–Crippen LogP) is 4.19. The molecular formula is C24H28N2O3. The van der Waals surface area contributed by atoms with Gasteiger partial charge in [0, 0.05) is 37.1 Å². The zero-order valence-corrected chi connectivity index (χ0v) is 16.9. The number of nitrogens with one attached hydrogen (secondary N) is 2. The highest BCUT2D eigenvalue weighted by molar-refractivity contribution is 5.98. The Bertz CT molecular complexity index is 905. The van der Waals surface area contributed by atoms with Crippen molar-refractivity contribution in [3.63, 3.8) is 0 Å². The van der Waals surface area contributed by atoms with E-state index in [1.807, 2.05) is 49.4 Å². The second-order valence-electron chi connectivity index (χ2n) is 7.54. The average molecular weight is 392 g/mol. The van der Waals surface area contributed by atoms with Crippen LogP contribution < -0.4 is 10.6 Å². The second-order valence-corrected chi connectivity index (χ2v) is 7.54. The summed E-state index contributed by atoms with van der Waals surface area (Å²) in [4.78, 5) is 36.3. The fraction of sp³-hybridized carbons (Fsp3) is 0.375. The van der Waals surface area contributed by atoms with Crippen LogP contribution in [0.4, 0.5) is 5.69 Å². The van der Waals surface area contributed by atoms with Gasteiger partial charge in [0.2, 0.25) is 11.8 Å². The van der Waals surface area contributed by atoms with Crippen LogP contribution in [0.3, 0.4) is 0 Å². The van der Waals surface area contributed by atoms with E-state index in [-0.39, 0.29) is 30.4 Å². The third kappa shape index (κ3) is 6.01. The van der Waals surface area contributed by atoms with Crippen molar-refractivity contribution in [3.05, 3.63) is 64.7 Å². The molecule has 0 atom stereocenters. The first-order chi connectivity index (χ1) is 14.0. The number of fused-ring (bicyclic) bond motifs is 1. The Kier molecular flexibility index (Phi) is 7.17. The van der Waals surface area contributed by atoms with E-state index in [9.17, 15) is 14.4 Å². The van der Waals surface area contributed by atoms with Crippen molar-refractivity contribution in [2.45, 2.75) is 58.4 Å². The third-order valence-corrected chi connectivity index (χ3v) is 5.18. The summed E-state index contributed by atoms with van der Waals surface area (Å²) in [5, 5.41) is 5.70. The molecule has 5 nitrogen and oxygen atoms in total. The number of hydrogen-bond donors (Lipinski definition) is 2. The molecule has 0 unspecified atom stereocenters. The Morgan fingerprint density at radius 2 is 1.72 bits per heavy atom. The van der Waals surface area contributed by atoms with Crippen LogP contribution >= 0.6 is 0 Å². The zero-order chi connectivity index (χ0) is 20.6. The van der Waals surface area contributed by atoms with E-state index in [0.717, 1.165) is 36.9 Å². The van der Waals surface area contributed by atoms with Crippen LogP contribution in [0.15, 0.2) is 42.5 Å². The first-order valence-electron chi connectivity index (χ1n) is 10.4. The molecule has 0 saturated heterocycles. The van der Waals surface area contributed by atoms with Crippen LogP contribution in [-0.4, -0.2) is 17.6 Å². The molecular weight excluding hydrogens is 364 g/mol. The van der Waals surface area contributed by atoms with Crippen LogP contribution in [0.5, 0.6) is 0 Å². The molecule has 0 aliphatic heterocycles. The Hall–Kier alpha value is -2.95. The van der Waals surface area contributed by atoms with Crippen LogP contribution in [-0.2, 0) is 29.0 Å². The molecule has 0 radical (unpaired) electrons. The maximum atomic E-state index is 12.4. The monoisotopic (exact) mass is 392 g/mol. The van der Waals surface area contributed by atoms with E-state index in [1.165, 1.54) is 11.1 Å². The quantitative estimate of drug-likeness (QED) is 0.628. The minimum absolute atomic E-state index is 0.00971. The fourth-order valence-corrected chi connectivity index (χ4v) is 3.62. The molecule has 0 bridgehead atoms. The van der Waals surface area contributed by atoms with E-state index < -0.39 is 0 Å². The van der Waals surface area contributed by atoms with E-state index in [1.54, 1.807) is 0 Å². The molecule has 3 rings (SSSR count). The number of hydrogen-bond acceptors (Lipinski definition) is 3. The summed E-state index contributed by atoms with van der Waals surface area (Å²) in [7, 11) is 0. The molecule has 2 amide bonds. The van der Waals surface area contributed by atoms with Gasteiger partial charge >= 0.3 is 0 Å². The molecule has 2 N–H and O–H groups in total. The number of amides is 2. The van der Waals surface area contributed by atoms with Gasteiger partial charge in [0.05, 0.1) is 0 Å². The zero-order valence-electron chi connectivity index (χ0n) is 16.9. The van der Waals surface area contributed by atoms with Crippen LogP contribution in [0.2, 0.25) is 0 Å². The highest BCUT2D eigenvalue weighted by Crippen LogP contribution is 2.23. The Labute approximate surface area is 171 Å². The van der Waals surface area contributed by atoms with Crippen LogP contribution in [0.1, 0.15) is 66.1 Å². The van der Waals surface area contributed by atoms with E-state index in [2.05, 4.69) is 10.6 Å². The summed E-state index contributed by atoms with van der Waals surface area (Å²) in [6.45, 7) is 2.32. The molecule has 29 heavy (non-hydrogen) atoms. The summed E-state index contributed by atoms with van der Waals surface area (Å²) >= 11 is 0. The maximum Gasteiger partial charge on any atom is 0.224 e. The van der Waals surface area contributed by atoms with E-state index in [0.29, 0.717) is 18.5 Å². The number of ketones is 1. The van der Waals surface area contributed by atoms with Gasteiger partial charge in [-0.3, -0.25) is 14.4 Å². The van der Waals surface area contributed by atoms with Crippen molar-refractivity contribution < 1.29 is 14.4 Å². The summed E-state index contributed by atoms with van der Waals surface area (Å²) in [5.41, 5.74) is 4.94. The molecule has 0 saturated carbocycles. The Balaban J connectivity index is 1.45. The molecule has 5 heteroatoms. The van der Waals surface area contributed by atoms with Crippen LogP contribution in [0.25, 0.3) is 0 Å². The largest absolute Gasteiger partial charge is 0.352 e. The average Bonchev–Trinajstić information content (AvgIpc) is 3.18. The lowest BCUT2D eigenvalue weighted by Crippen LogP contribution is -2.23. The van der Waals surface area contributed by atoms with Gasteiger partial charge in [0.1, 0.15) is 0 Å². The standard InChI is InChI=1S/C24H28N2O3/c1-2-5-24(29)26-21-9-3-6-17(14-21)16-25-23(28)13-12-22(27)20-11-10-18-7-4-8-19(18)15-20/h3,6,9-11,14-15H,2,4-5,7-8,12-13,16H2,1H3,(H,25,28)(H,26,29). The van der Waals surface area contributed by atoms with Gasteiger partial charge in [0.15, 0.2) is 5.78 Å². The second kappa shape index (κ2) is 10.0. The van der Waals surface area contributed by atoms with Gasteiger partial charge in [0.25, 0.3) is 0 Å². The number of anilines is 1. The molecule has 2 aromatic rings. The summed E-state index contributed by atoms with van der Waals surface area (Å²) in [5.74, 6) is -0.158. The first-order valence-corrected chi connectivity index (χ1v) is 10.4. The lowest BCUT2D eigenvalue weighted by molar-refractivity contribution is -0.121. The molecule has 1 aliphatic rings. The van der Waals surface area contributed by atoms with Crippen molar-refractivity contribution in [3.8, 4) is 0 Å². The number of carbonyl (C=O) groups is 3. The van der Waals surface area contributed by atoms with E-state index in [4.69, 9.17) is 0 Å². The molecule has 0 spiro atoms. The first kappa shape index (κ1) is 20.8. The minimum atomic E-state index is -0.153. The topological polar surface area (TPSA) is 75.3 Å². The van der Waals surface area contributed by atoms with Crippen molar-refractivity contribution in [2.75, 3.05) is 5.32 Å². The number of carbonyl (C=O) groups excluding carboxylic acids is 3. The van der Waals surface area contributed by atoms with Crippen molar-refractivity contribution in [1.29, 1.82) is 0 Å². The number of rotatable bonds is 9.